The molecule has 1 aliphatic carbocycles. The number of nitrogens with one attached hydrogen (secondary N) is 1. The first kappa shape index (κ1) is 12.7. The van der Waals surface area contributed by atoms with Gasteiger partial charge in [-0.05, 0) is 37.8 Å². The highest BCUT2D eigenvalue weighted by Gasteiger charge is 2.24. The number of hydrogen-bond acceptors (Lipinski definition) is 2. The van der Waals surface area contributed by atoms with Crippen LogP contribution in [-0.2, 0) is 0 Å². The van der Waals surface area contributed by atoms with Crippen molar-refractivity contribution >= 4 is 34.5 Å². The molecule has 16 heavy (non-hydrogen) atoms. The van der Waals surface area contributed by atoms with Crippen molar-refractivity contribution in [1.29, 1.82) is 0 Å². The Morgan fingerprint density at radius 1 is 1.44 bits per heavy atom. The zero-order valence-corrected chi connectivity index (χ0v) is 11.9. The quantitative estimate of drug-likeness (QED) is 0.808. The SMILES string of the molecule is CC(CC1CC1)NC(C)c1cc(Cl)sc1Cl. The van der Waals surface area contributed by atoms with Gasteiger partial charge in [0.1, 0.15) is 0 Å². The lowest BCUT2D eigenvalue weighted by Crippen LogP contribution is -2.29. The number of halogens is 2. The molecule has 1 heterocycles. The summed E-state index contributed by atoms with van der Waals surface area (Å²) in [4.78, 5) is 0. The fraction of sp³-hybridized carbons (Fsp3) is 0.667. The summed E-state index contributed by atoms with van der Waals surface area (Å²) < 4.78 is 1.58. The molecule has 0 aromatic carbocycles. The highest BCUT2D eigenvalue weighted by Crippen LogP contribution is 2.36. The average Bonchev–Trinajstić information content (AvgIpc) is 2.90. The zero-order valence-electron chi connectivity index (χ0n) is 9.59. The zero-order chi connectivity index (χ0) is 11.7. The molecule has 1 fully saturated rings. The van der Waals surface area contributed by atoms with Gasteiger partial charge in [-0.3, -0.25) is 0 Å². The predicted octanol–water partition coefficient (Wildman–Crippen LogP) is 4.89. The van der Waals surface area contributed by atoms with Gasteiger partial charge in [0.2, 0.25) is 0 Å². The number of thiophene rings is 1. The van der Waals surface area contributed by atoms with E-state index in [2.05, 4.69) is 19.2 Å². The number of rotatable bonds is 5. The summed E-state index contributed by atoms with van der Waals surface area (Å²) in [5, 5.41) is 3.59. The van der Waals surface area contributed by atoms with Gasteiger partial charge >= 0.3 is 0 Å². The number of hydrogen-bond donors (Lipinski definition) is 1. The van der Waals surface area contributed by atoms with E-state index in [1.807, 2.05) is 6.07 Å². The third-order valence-electron chi connectivity index (χ3n) is 3.07. The minimum absolute atomic E-state index is 0.282. The summed E-state index contributed by atoms with van der Waals surface area (Å²) >= 11 is 13.5. The highest BCUT2D eigenvalue weighted by molar-refractivity contribution is 7.20. The summed E-state index contributed by atoms with van der Waals surface area (Å²) in [6, 6.07) is 2.80. The third kappa shape index (κ3) is 3.36. The van der Waals surface area contributed by atoms with Crippen LogP contribution in [0.1, 0.15) is 44.7 Å². The monoisotopic (exact) mass is 277 g/mol. The van der Waals surface area contributed by atoms with Crippen LogP contribution in [-0.4, -0.2) is 6.04 Å². The fourth-order valence-electron chi connectivity index (χ4n) is 2.09. The summed E-state index contributed by atoms with van der Waals surface area (Å²) in [7, 11) is 0. The maximum atomic E-state index is 6.14. The third-order valence-corrected chi connectivity index (χ3v) is 4.59. The Hall–Kier alpha value is 0.240. The lowest BCUT2D eigenvalue weighted by Gasteiger charge is -2.19. The Bertz CT molecular complexity index is 360. The maximum Gasteiger partial charge on any atom is 0.0991 e. The molecule has 0 radical (unpaired) electrons. The van der Waals surface area contributed by atoms with Gasteiger partial charge < -0.3 is 5.32 Å². The van der Waals surface area contributed by atoms with Gasteiger partial charge in [-0.25, -0.2) is 0 Å². The average molecular weight is 278 g/mol. The topological polar surface area (TPSA) is 12.0 Å². The van der Waals surface area contributed by atoms with E-state index < -0.39 is 0 Å². The molecule has 1 aliphatic rings. The van der Waals surface area contributed by atoms with Crippen LogP contribution in [0.4, 0.5) is 0 Å². The van der Waals surface area contributed by atoms with Crippen molar-refractivity contribution in [2.75, 3.05) is 0 Å². The van der Waals surface area contributed by atoms with Gasteiger partial charge in [0, 0.05) is 12.1 Å². The summed E-state index contributed by atoms with van der Waals surface area (Å²) in [5.74, 6) is 0.955. The molecule has 1 aromatic rings. The predicted molar refractivity (Wildman–Crippen MR) is 72.7 cm³/mol. The molecule has 0 amide bonds. The van der Waals surface area contributed by atoms with E-state index in [4.69, 9.17) is 23.2 Å². The molecule has 1 aromatic heterocycles. The smallest absolute Gasteiger partial charge is 0.0991 e. The Balaban J connectivity index is 1.90. The Kier molecular flexibility index (Phi) is 4.17. The van der Waals surface area contributed by atoms with Crippen molar-refractivity contribution in [3.63, 3.8) is 0 Å². The fourth-order valence-corrected chi connectivity index (χ4v) is 3.73. The molecule has 1 N–H and O–H groups in total. The molecule has 4 heteroatoms. The van der Waals surface area contributed by atoms with Crippen molar-refractivity contribution in [2.45, 2.75) is 45.2 Å². The van der Waals surface area contributed by atoms with Crippen LogP contribution in [0.15, 0.2) is 6.07 Å². The van der Waals surface area contributed by atoms with E-state index in [0.717, 1.165) is 20.2 Å². The van der Waals surface area contributed by atoms with Crippen LogP contribution in [0.3, 0.4) is 0 Å². The Labute approximate surface area is 111 Å². The van der Waals surface area contributed by atoms with Crippen molar-refractivity contribution < 1.29 is 0 Å². The van der Waals surface area contributed by atoms with Gasteiger partial charge in [-0.2, -0.15) is 0 Å². The molecule has 0 aliphatic heterocycles. The first-order valence-electron chi connectivity index (χ1n) is 5.77. The molecular formula is C12H17Cl2NS. The molecule has 1 nitrogen and oxygen atoms in total. The van der Waals surface area contributed by atoms with E-state index in [1.165, 1.54) is 30.6 Å². The van der Waals surface area contributed by atoms with E-state index in [1.54, 1.807) is 0 Å². The van der Waals surface area contributed by atoms with Gasteiger partial charge in [0.15, 0.2) is 0 Å². The summed E-state index contributed by atoms with van der Waals surface area (Å²) in [5.41, 5.74) is 1.12. The highest BCUT2D eigenvalue weighted by atomic mass is 35.5. The van der Waals surface area contributed by atoms with Gasteiger partial charge in [-0.15, -0.1) is 11.3 Å². The van der Waals surface area contributed by atoms with Gasteiger partial charge in [0.25, 0.3) is 0 Å². The lowest BCUT2D eigenvalue weighted by atomic mass is 10.1. The molecule has 2 atom stereocenters. The normalized spacial score (nSPS) is 19.8. The van der Waals surface area contributed by atoms with Gasteiger partial charge in [0.05, 0.1) is 8.67 Å². The molecule has 0 saturated heterocycles. The minimum Gasteiger partial charge on any atom is -0.308 e. The second kappa shape index (κ2) is 5.26. The first-order valence-corrected chi connectivity index (χ1v) is 7.34. The van der Waals surface area contributed by atoms with E-state index in [9.17, 15) is 0 Å². The van der Waals surface area contributed by atoms with Gasteiger partial charge in [-0.1, -0.05) is 36.0 Å². The Morgan fingerprint density at radius 3 is 2.62 bits per heavy atom. The molecule has 1 saturated carbocycles. The molecule has 90 valence electrons. The summed E-state index contributed by atoms with van der Waals surface area (Å²) in [6.45, 7) is 4.39. The van der Waals surface area contributed by atoms with Crippen molar-refractivity contribution in [1.82, 2.24) is 5.32 Å². The lowest BCUT2D eigenvalue weighted by molar-refractivity contribution is 0.439. The minimum atomic E-state index is 0.282. The molecule has 0 bridgehead atoms. The van der Waals surface area contributed by atoms with Crippen LogP contribution in [0.5, 0.6) is 0 Å². The standard InChI is InChI=1S/C12H17Cl2NS/c1-7(5-9-3-4-9)15-8(2)10-6-11(13)16-12(10)14/h6-9,15H,3-5H2,1-2H3. The van der Waals surface area contributed by atoms with Crippen molar-refractivity contribution in [3.05, 3.63) is 20.3 Å². The largest absolute Gasteiger partial charge is 0.308 e. The van der Waals surface area contributed by atoms with Crippen LogP contribution in [0.25, 0.3) is 0 Å². The maximum absolute atomic E-state index is 6.14. The van der Waals surface area contributed by atoms with E-state index >= 15 is 0 Å². The first-order chi connectivity index (χ1) is 7.56. The van der Waals surface area contributed by atoms with Crippen LogP contribution >= 0.6 is 34.5 Å². The molecular weight excluding hydrogens is 261 g/mol. The molecule has 0 spiro atoms. The summed E-state index contributed by atoms with van der Waals surface area (Å²) in [6.07, 6.45) is 4.09. The Morgan fingerprint density at radius 2 is 2.12 bits per heavy atom. The molecule has 2 unspecified atom stereocenters. The van der Waals surface area contributed by atoms with Crippen LogP contribution < -0.4 is 5.32 Å². The second-order valence-electron chi connectivity index (χ2n) is 4.75. The van der Waals surface area contributed by atoms with E-state index in [-0.39, 0.29) is 6.04 Å². The molecule has 2 rings (SSSR count). The van der Waals surface area contributed by atoms with E-state index in [0.29, 0.717) is 6.04 Å². The second-order valence-corrected chi connectivity index (χ2v) is 7.03. The van der Waals surface area contributed by atoms with Crippen molar-refractivity contribution in [2.24, 2.45) is 5.92 Å². The van der Waals surface area contributed by atoms with Crippen molar-refractivity contribution in [3.8, 4) is 0 Å². The van der Waals surface area contributed by atoms with Crippen LogP contribution in [0.2, 0.25) is 8.67 Å². The van der Waals surface area contributed by atoms with Crippen LogP contribution in [0, 0.1) is 5.92 Å².